The van der Waals surface area contributed by atoms with Crippen molar-refractivity contribution < 1.29 is 24.4 Å². The molecule has 20 heavy (non-hydrogen) atoms. The maximum atomic E-state index is 10.2. The molecule has 0 amide bonds. The van der Waals surface area contributed by atoms with Crippen LogP contribution >= 0.6 is 0 Å². The Balaban J connectivity index is 1.82. The molecule has 8 atom stereocenters. The summed E-state index contributed by atoms with van der Waals surface area (Å²) >= 11 is 0. The topological polar surface area (TPSA) is 57.2 Å². The summed E-state index contributed by atoms with van der Waals surface area (Å²) in [6.45, 7) is 6.22. The summed E-state index contributed by atoms with van der Waals surface area (Å²) in [5.74, 6) is 0.437. The number of aliphatic hydroxyl groups excluding tert-OH is 1. The normalized spacial score (nSPS) is 61.8. The number of rotatable bonds is 0. The van der Waals surface area contributed by atoms with Gasteiger partial charge in [0.1, 0.15) is 0 Å². The molecule has 5 aliphatic rings. The molecular formula is C15H24O5. The van der Waals surface area contributed by atoms with Crippen LogP contribution in [0.1, 0.15) is 46.5 Å². The highest BCUT2D eigenvalue weighted by molar-refractivity contribution is 5.08. The summed E-state index contributed by atoms with van der Waals surface area (Å²) in [6, 6.07) is 0. The molecule has 5 heteroatoms. The molecule has 2 bridgehead atoms. The molecule has 4 saturated heterocycles. The van der Waals surface area contributed by atoms with E-state index in [4.69, 9.17) is 19.2 Å². The second kappa shape index (κ2) is 4.17. The van der Waals surface area contributed by atoms with Crippen LogP contribution in [0.3, 0.4) is 0 Å². The van der Waals surface area contributed by atoms with Gasteiger partial charge in [0.05, 0.1) is 0 Å². The van der Waals surface area contributed by atoms with Crippen molar-refractivity contribution >= 4 is 0 Å². The van der Waals surface area contributed by atoms with Gasteiger partial charge in [-0.25, -0.2) is 9.78 Å². The molecule has 1 spiro atoms. The molecule has 0 aromatic heterocycles. The third kappa shape index (κ3) is 1.56. The van der Waals surface area contributed by atoms with E-state index in [9.17, 15) is 5.11 Å². The van der Waals surface area contributed by atoms with Crippen molar-refractivity contribution in [3.63, 3.8) is 0 Å². The number of fused-ring (bicyclic) bond motifs is 2. The van der Waals surface area contributed by atoms with Gasteiger partial charge in [-0.2, -0.15) is 0 Å². The van der Waals surface area contributed by atoms with E-state index in [1.807, 2.05) is 13.8 Å². The summed E-state index contributed by atoms with van der Waals surface area (Å²) in [4.78, 5) is 11.6. The largest absolute Gasteiger partial charge is 0.368 e. The summed E-state index contributed by atoms with van der Waals surface area (Å²) in [5.41, 5.74) is -0.549. The zero-order valence-electron chi connectivity index (χ0n) is 12.4. The van der Waals surface area contributed by atoms with Crippen molar-refractivity contribution in [3.8, 4) is 0 Å². The van der Waals surface area contributed by atoms with Gasteiger partial charge < -0.3 is 14.6 Å². The Morgan fingerprint density at radius 3 is 2.65 bits per heavy atom. The Labute approximate surface area is 119 Å². The highest BCUT2D eigenvalue weighted by Crippen LogP contribution is 2.60. The quantitative estimate of drug-likeness (QED) is 0.691. The highest BCUT2D eigenvalue weighted by Gasteiger charge is 2.69. The van der Waals surface area contributed by atoms with Crippen molar-refractivity contribution in [3.05, 3.63) is 0 Å². The predicted octanol–water partition coefficient (Wildman–Crippen LogP) is 2.19. The van der Waals surface area contributed by atoms with Crippen LogP contribution in [0.2, 0.25) is 0 Å². The zero-order chi connectivity index (χ0) is 14.1. The minimum Gasteiger partial charge on any atom is -0.368 e. The van der Waals surface area contributed by atoms with Gasteiger partial charge in [-0.1, -0.05) is 13.8 Å². The molecule has 1 N–H and O–H groups in total. The van der Waals surface area contributed by atoms with Gasteiger partial charge >= 0.3 is 0 Å². The first-order valence-corrected chi connectivity index (χ1v) is 7.84. The smallest absolute Gasteiger partial charge is 0.201 e. The first-order chi connectivity index (χ1) is 9.46. The Kier molecular flexibility index (Phi) is 2.81. The molecule has 5 nitrogen and oxygen atoms in total. The molecule has 114 valence electrons. The van der Waals surface area contributed by atoms with E-state index < -0.39 is 24.0 Å². The summed E-state index contributed by atoms with van der Waals surface area (Å²) in [7, 11) is 0. The van der Waals surface area contributed by atoms with Crippen LogP contribution in [0.5, 0.6) is 0 Å². The fourth-order valence-corrected chi connectivity index (χ4v) is 4.89. The molecule has 0 aromatic rings. The Hall–Kier alpha value is -0.200. The number of hydrogen-bond acceptors (Lipinski definition) is 5. The van der Waals surface area contributed by atoms with E-state index >= 15 is 0 Å². The standard InChI is InChI=1S/C15H24O5/c1-8-4-5-11-9(2)12(16)17-13-15(11)10(8)6-7-14(3,18-13)19-20-15/h8-13,16H,4-7H2,1-3H3/t8?,9-,10+,11+,12?,13-,14-,15-/m1/s1. The number of ether oxygens (including phenoxy) is 2. The Bertz CT molecular complexity index is 411. The SMILES string of the molecule is CC1CC[C@H]2[C@@H](C)C(O)O[C@@H]3O[C@@]4(C)CC[C@@H]1[C@]32OO4. The molecular weight excluding hydrogens is 260 g/mol. The summed E-state index contributed by atoms with van der Waals surface area (Å²) in [5, 5.41) is 10.2. The van der Waals surface area contributed by atoms with Crippen LogP contribution in [0, 0.1) is 23.7 Å². The second-order valence-corrected chi connectivity index (χ2v) is 7.30. The van der Waals surface area contributed by atoms with Crippen LogP contribution in [-0.2, 0) is 19.2 Å². The lowest BCUT2D eigenvalue weighted by Gasteiger charge is -2.59. The fraction of sp³-hybridized carbons (Fsp3) is 1.00. The maximum Gasteiger partial charge on any atom is 0.201 e. The van der Waals surface area contributed by atoms with Gasteiger partial charge in [0.25, 0.3) is 0 Å². The van der Waals surface area contributed by atoms with Crippen molar-refractivity contribution in [1.82, 2.24) is 0 Å². The number of hydrogen-bond donors (Lipinski definition) is 1. The van der Waals surface area contributed by atoms with Gasteiger partial charge in [0.15, 0.2) is 18.2 Å². The third-order valence-corrected chi connectivity index (χ3v) is 6.12. The lowest BCUT2D eigenvalue weighted by Crippen LogP contribution is -2.70. The minimum atomic E-state index is -0.781. The van der Waals surface area contributed by atoms with Gasteiger partial charge in [0.2, 0.25) is 5.79 Å². The zero-order valence-corrected chi connectivity index (χ0v) is 12.4. The van der Waals surface area contributed by atoms with E-state index in [0.29, 0.717) is 11.8 Å². The van der Waals surface area contributed by atoms with Gasteiger partial charge in [-0.15, -0.1) is 0 Å². The summed E-state index contributed by atoms with van der Waals surface area (Å²) < 4.78 is 11.9. The molecule has 5 fully saturated rings. The lowest BCUT2D eigenvalue weighted by atomic mass is 9.58. The van der Waals surface area contributed by atoms with Crippen LogP contribution in [0.4, 0.5) is 0 Å². The Morgan fingerprint density at radius 2 is 1.85 bits per heavy atom. The maximum absolute atomic E-state index is 10.2. The first kappa shape index (κ1) is 13.5. The third-order valence-electron chi connectivity index (χ3n) is 6.12. The molecule has 4 aliphatic heterocycles. The average molecular weight is 284 g/mol. The van der Waals surface area contributed by atoms with Crippen LogP contribution in [-0.4, -0.2) is 29.1 Å². The van der Waals surface area contributed by atoms with E-state index in [2.05, 4.69) is 6.92 Å². The highest BCUT2D eigenvalue weighted by atomic mass is 17.3. The van der Waals surface area contributed by atoms with Crippen LogP contribution in [0.25, 0.3) is 0 Å². The van der Waals surface area contributed by atoms with Gasteiger partial charge in [-0.3, -0.25) is 0 Å². The van der Waals surface area contributed by atoms with E-state index in [1.54, 1.807) is 0 Å². The summed E-state index contributed by atoms with van der Waals surface area (Å²) in [6.07, 6.45) is 2.72. The minimum absolute atomic E-state index is 0.0379. The van der Waals surface area contributed by atoms with E-state index in [1.165, 1.54) is 6.42 Å². The van der Waals surface area contributed by atoms with E-state index in [-0.39, 0.29) is 11.8 Å². The Morgan fingerprint density at radius 1 is 1.05 bits per heavy atom. The van der Waals surface area contributed by atoms with Crippen LogP contribution in [0.15, 0.2) is 0 Å². The molecule has 1 saturated carbocycles. The average Bonchev–Trinajstić information content (AvgIpc) is 2.63. The predicted molar refractivity (Wildman–Crippen MR) is 69.0 cm³/mol. The second-order valence-electron chi connectivity index (χ2n) is 7.30. The molecule has 1 aliphatic carbocycles. The lowest BCUT2D eigenvalue weighted by molar-refractivity contribution is -0.576. The first-order valence-electron chi connectivity index (χ1n) is 7.84. The molecule has 5 rings (SSSR count). The molecule has 0 aromatic carbocycles. The van der Waals surface area contributed by atoms with E-state index in [0.717, 1.165) is 19.3 Å². The van der Waals surface area contributed by atoms with Crippen LogP contribution < -0.4 is 0 Å². The fourth-order valence-electron chi connectivity index (χ4n) is 4.89. The van der Waals surface area contributed by atoms with Gasteiger partial charge in [0, 0.05) is 18.3 Å². The van der Waals surface area contributed by atoms with Crippen molar-refractivity contribution in [2.24, 2.45) is 23.7 Å². The monoisotopic (exact) mass is 284 g/mol. The van der Waals surface area contributed by atoms with Gasteiger partial charge in [-0.05, 0) is 38.0 Å². The van der Waals surface area contributed by atoms with Crippen molar-refractivity contribution in [1.29, 1.82) is 0 Å². The van der Waals surface area contributed by atoms with Crippen molar-refractivity contribution in [2.75, 3.05) is 0 Å². The molecule has 0 radical (unpaired) electrons. The molecule has 4 heterocycles. The molecule has 2 unspecified atom stereocenters. The van der Waals surface area contributed by atoms with Crippen molar-refractivity contribution in [2.45, 2.75) is 70.4 Å². The number of aliphatic hydroxyl groups is 1.